The van der Waals surface area contributed by atoms with Crippen molar-refractivity contribution in [1.29, 1.82) is 0 Å². The van der Waals surface area contributed by atoms with E-state index in [1.807, 2.05) is 12.1 Å². The summed E-state index contributed by atoms with van der Waals surface area (Å²) >= 11 is 6.19. The van der Waals surface area contributed by atoms with Crippen LogP contribution >= 0.6 is 11.6 Å². The molecule has 4 heteroatoms. The molecule has 0 bridgehead atoms. The summed E-state index contributed by atoms with van der Waals surface area (Å²) in [5.74, 6) is 0.0369. The third-order valence-corrected chi connectivity index (χ3v) is 3.25. The maximum absolute atomic E-state index is 11.3. The minimum atomic E-state index is 0.0369. The Balaban J connectivity index is 2.19. The smallest absolute Gasteiger partial charge is 0.228 e. The normalized spacial score (nSPS) is 15.4. The van der Waals surface area contributed by atoms with Crippen molar-refractivity contribution in [3.63, 3.8) is 0 Å². The van der Waals surface area contributed by atoms with Gasteiger partial charge in [-0.05, 0) is 31.0 Å². The van der Waals surface area contributed by atoms with E-state index in [0.29, 0.717) is 17.5 Å². The highest BCUT2D eigenvalue weighted by atomic mass is 35.5. The van der Waals surface area contributed by atoms with E-state index >= 15 is 0 Å². The van der Waals surface area contributed by atoms with E-state index in [1.165, 1.54) is 0 Å². The van der Waals surface area contributed by atoms with E-state index < -0.39 is 0 Å². The molecule has 1 heterocycles. The predicted octanol–water partition coefficient (Wildman–Crippen LogP) is 3.44. The number of benzene rings is 1. The molecule has 3 nitrogen and oxygen atoms in total. The highest BCUT2D eigenvalue weighted by Gasteiger charge is 2.19. The maximum atomic E-state index is 11.3. The lowest BCUT2D eigenvalue weighted by Crippen LogP contribution is -2.14. The molecule has 1 atom stereocenters. The van der Waals surface area contributed by atoms with Gasteiger partial charge < -0.3 is 10.6 Å². The summed E-state index contributed by atoms with van der Waals surface area (Å²) in [5, 5.41) is 6.84. The Labute approximate surface area is 107 Å². The lowest BCUT2D eigenvalue weighted by atomic mass is 10.1. The van der Waals surface area contributed by atoms with Crippen LogP contribution in [0.3, 0.4) is 0 Å². The predicted molar refractivity (Wildman–Crippen MR) is 71.8 cm³/mol. The zero-order chi connectivity index (χ0) is 12.4. The molecule has 1 unspecified atom stereocenters. The fourth-order valence-electron chi connectivity index (χ4n) is 2.13. The molecule has 2 rings (SSSR count). The SMILES string of the molecule is CCCC(C)Nc1cc2c(cc1Cl)NC(=O)C2. The molecule has 0 fully saturated rings. The van der Waals surface area contributed by atoms with Gasteiger partial charge in [0.05, 0.1) is 17.1 Å². The first-order chi connectivity index (χ1) is 8.10. The van der Waals surface area contributed by atoms with Crippen LogP contribution in [0.1, 0.15) is 32.3 Å². The van der Waals surface area contributed by atoms with Crippen LogP contribution in [-0.4, -0.2) is 11.9 Å². The first kappa shape index (κ1) is 12.2. The molecule has 0 aromatic heterocycles. The topological polar surface area (TPSA) is 41.1 Å². The molecule has 0 saturated carbocycles. The van der Waals surface area contributed by atoms with Crippen LogP contribution in [0.25, 0.3) is 0 Å². The van der Waals surface area contributed by atoms with Gasteiger partial charge in [0.1, 0.15) is 0 Å². The van der Waals surface area contributed by atoms with E-state index in [2.05, 4.69) is 24.5 Å². The molecule has 17 heavy (non-hydrogen) atoms. The molecule has 92 valence electrons. The summed E-state index contributed by atoms with van der Waals surface area (Å²) in [6, 6.07) is 4.19. The van der Waals surface area contributed by atoms with Gasteiger partial charge in [0.15, 0.2) is 0 Å². The lowest BCUT2D eigenvalue weighted by molar-refractivity contribution is -0.115. The van der Waals surface area contributed by atoms with Crippen molar-refractivity contribution in [3.05, 3.63) is 22.7 Å². The molecule has 0 spiro atoms. The summed E-state index contributed by atoms with van der Waals surface area (Å²) < 4.78 is 0. The number of hydrogen-bond acceptors (Lipinski definition) is 2. The third-order valence-electron chi connectivity index (χ3n) is 2.94. The van der Waals surface area contributed by atoms with Crippen LogP contribution in [0.15, 0.2) is 12.1 Å². The second kappa shape index (κ2) is 4.96. The molecule has 0 saturated heterocycles. The van der Waals surface area contributed by atoms with Gasteiger partial charge >= 0.3 is 0 Å². The Morgan fingerprint density at radius 1 is 1.53 bits per heavy atom. The van der Waals surface area contributed by atoms with Crippen molar-refractivity contribution in [2.24, 2.45) is 0 Å². The van der Waals surface area contributed by atoms with Gasteiger partial charge in [-0.1, -0.05) is 24.9 Å². The van der Waals surface area contributed by atoms with Crippen LogP contribution in [0.4, 0.5) is 11.4 Å². The molecule has 1 aliphatic heterocycles. The average Bonchev–Trinajstić information content (AvgIpc) is 2.58. The second-order valence-electron chi connectivity index (χ2n) is 4.55. The van der Waals surface area contributed by atoms with Gasteiger partial charge in [0.2, 0.25) is 5.91 Å². The summed E-state index contributed by atoms with van der Waals surface area (Å²) in [5.41, 5.74) is 2.78. The zero-order valence-electron chi connectivity index (χ0n) is 10.1. The molecule has 1 aliphatic rings. The fraction of sp³-hybridized carbons (Fsp3) is 0.462. The van der Waals surface area contributed by atoms with E-state index in [9.17, 15) is 4.79 Å². The summed E-state index contributed by atoms with van der Waals surface area (Å²) in [6.45, 7) is 4.29. The van der Waals surface area contributed by atoms with Gasteiger partial charge in [-0.2, -0.15) is 0 Å². The molecule has 1 aromatic rings. The largest absolute Gasteiger partial charge is 0.381 e. The van der Waals surface area contributed by atoms with Crippen molar-refractivity contribution >= 4 is 28.9 Å². The number of fused-ring (bicyclic) bond motifs is 1. The average molecular weight is 253 g/mol. The van der Waals surface area contributed by atoms with Gasteiger partial charge in [0, 0.05) is 11.7 Å². The van der Waals surface area contributed by atoms with E-state index in [-0.39, 0.29) is 5.91 Å². The van der Waals surface area contributed by atoms with E-state index in [0.717, 1.165) is 29.8 Å². The van der Waals surface area contributed by atoms with Crippen molar-refractivity contribution in [2.75, 3.05) is 10.6 Å². The number of carbonyl (C=O) groups excluding carboxylic acids is 1. The van der Waals surface area contributed by atoms with Crippen LogP contribution in [0.5, 0.6) is 0 Å². The number of carbonyl (C=O) groups is 1. The number of nitrogens with one attached hydrogen (secondary N) is 2. The standard InChI is InChI=1S/C13H17ClN2O/c1-3-4-8(2)15-12-5-9-6-13(17)16-11(9)7-10(12)14/h5,7-8,15H,3-4,6H2,1-2H3,(H,16,17). The molecule has 1 amide bonds. The Bertz CT molecular complexity index is 445. The van der Waals surface area contributed by atoms with Crippen LogP contribution in [-0.2, 0) is 11.2 Å². The molecule has 0 aliphatic carbocycles. The number of halogens is 1. The third kappa shape index (κ3) is 2.72. The van der Waals surface area contributed by atoms with E-state index in [1.54, 1.807) is 0 Å². The minimum Gasteiger partial charge on any atom is -0.381 e. The molecule has 2 N–H and O–H groups in total. The quantitative estimate of drug-likeness (QED) is 0.862. The Kier molecular flexibility index (Phi) is 3.57. The van der Waals surface area contributed by atoms with Gasteiger partial charge in [-0.25, -0.2) is 0 Å². The summed E-state index contributed by atoms with van der Waals surface area (Å²) in [6.07, 6.45) is 2.69. The monoisotopic (exact) mass is 252 g/mol. The maximum Gasteiger partial charge on any atom is 0.228 e. The molecular formula is C13H17ClN2O. The van der Waals surface area contributed by atoms with Gasteiger partial charge in [-0.15, -0.1) is 0 Å². The molecule has 0 radical (unpaired) electrons. The number of amides is 1. The first-order valence-electron chi connectivity index (χ1n) is 5.99. The van der Waals surface area contributed by atoms with E-state index in [4.69, 9.17) is 11.6 Å². The Hall–Kier alpha value is -1.22. The highest BCUT2D eigenvalue weighted by molar-refractivity contribution is 6.33. The Morgan fingerprint density at radius 2 is 2.29 bits per heavy atom. The number of anilines is 2. The minimum absolute atomic E-state index is 0.0369. The summed E-state index contributed by atoms with van der Waals surface area (Å²) in [4.78, 5) is 11.3. The lowest BCUT2D eigenvalue weighted by Gasteiger charge is -2.16. The fourth-order valence-corrected chi connectivity index (χ4v) is 2.35. The number of hydrogen-bond donors (Lipinski definition) is 2. The van der Waals surface area contributed by atoms with Gasteiger partial charge in [0.25, 0.3) is 0 Å². The summed E-state index contributed by atoms with van der Waals surface area (Å²) in [7, 11) is 0. The zero-order valence-corrected chi connectivity index (χ0v) is 10.9. The molecular weight excluding hydrogens is 236 g/mol. The van der Waals surface area contributed by atoms with Crippen molar-refractivity contribution in [1.82, 2.24) is 0 Å². The first-order valence-corrected chi connectivity index (χ1v) is 6.36. The van der Waals surface area contributed by atoms with Crippen LogP contribution < -0.4 is 10.6 Å². The van der Waals surface area contributed by atoms with Crippen molar-refractivity contribution < 1.29 is 4.79 Å². The second-order valence-corrected chi connectivity index (χ2v) is 4.96. The Morgan fingerprint density at radius 3 is 3.00 bits per heavy atom. The van der Waals surface area contributed by atoms with Gasteiger partial charge in [-0.3, -0.25) is 4.79 Å². The van der Waals surface area contributed by atoms with Crippen LogP contribution in [0, 0.1) is 0 Å². The van der Waals surface area contributed by atoms with Crippen LogP contribution in [0.2, 0.25) is 5.02 Å². The highest BCUT2D eigenvalue weighted by Crippen LogP contribution is 2.33. The number of rotatable bonds is 4. The van der Waals surface area contributed by atoms with Crippen molar-refractivity contribution in [2.45, 2.75) is 39.2 Å². The van der Waals surface area contributed by atoms with Crippen molar-refractivity contribution in [3.8, 4) is 0 Å². The molecule has 1 aromatic carbocycles.